The molecule has 118 valence electrons. The lowest BCUT2D eigenvalue weighted by Gasteiger charge is -2.20. The molecule has 2 aromatic rings. The van der Waals surface area contributed by atoms with Crippen LogP contribution in [0.1, 0.15) is 24.6 Å². The minimum Gasteiger partial charge on any atom is -0.379 e. The Kier molecular flexibility index (Phi) is 4.05. The maximum Gasteiger partial charge on any atom is 0.272 e. The summed E-state index contributed by atoms with van der Waals surface area (Å²) in [7, 11) is 0. The number of benzene rings is 1. The average molecular weight is 330 g/mol. The number of pyridine rings is 1. The normalized spacial score (nSPS) is 19.9. The van der Waals surface area contributed by atoms with E-state index in [0.29, 0.717) is 17.3 Å². The highest BCUT2D eigenvalue weighted by atomic mass is 35.5. The molecule has 0 aliphatic carbocycles. The van der Waals surface area contributed by atoms with Crippen molar-refractivity contribution in [1.82, 2.24) is 4.98 Å². The SMILES string of the molecule is Cc1cccc(NC(=O)C2(C)CC(c3ccc(Cl)cc3)=NO2)n1. The Labute approximate surface area is 139 Å². The zero-order chi connectivity index (χ0) is 16.4. The minimum absolute atomic E-state index is 0.275. The Morgan fingerprint density at radius 1 is 1.26 bits per heavy atom. The van der Waals surface area contributed by atoms with Crippen LogP contribution >= 0.6 is 11.6 Å². The molecular weight excluding hydrogens is 314 g/mol. The van der Waals surface area contributed by atoms with E-state index >= 15 is 0 Å². The first-order valence-corrected chi connectivity index (χ1v) is 7.60. The number of anilines is 1. The molecule has 1 unspecified atom stereocenters. The fourth-order valence-corrected chi connectivity index (χ4v) is 2.45. The second-order valence-electron chi connectivity index (χ2n) is 5.66. The highest BCUT2D eigenvalue weighted by Crippen LogP contribution is 2.28. The number of carbonyl (C=O) groups is 1. The summed E-state index contributed by atoms with van der Waals surface area (Å²) in [6.45, 7) is 3.58. The first-order chi connectivity index (χ1) is 11.0. The van der Waals surface area contributed by atoms with Crippen molar-refractivity contribution in [3.05, 3.63) is 58.7 Å². The maximum absolute atomic E-state index is 12.5. The molecule has 0 bridgehead atoms. The molecule has 1 atom stereocenters. The van der Waals surface area contributed by atoms with Gasteiger partial charge in [-0.1, -0.05) is 35.0 Å². The van der Waals surface area contributed by atoms with Crippen molar-refractivity contribution in [2.75, 3.05) is 5.32 Å². The molecule has 1 N–H and O–H groups in total. The van der Waals surface area contributed by atoms with Gasteiger partial charge in [0.1, 0.15) is 5.82 Å². The topological polar surface area (TPSA) is 63.6 Å². The molecule has 2 heterocycles. The fourth-order valence-electron chi connectivity index (χ4n) is 2.32. The van der Waals surface area contributed by atoms with Crippen LogP contribution in [0.25, 0.3) is 0 Å². The molecule has 0 saturated heterocycles. The Morgan fingerprint density at radius 2 is 2.00 bits per heavy atom. The molecule has 1 aliphatic rings. The lowest BCUT2D eigenvalue weighted by Crippen LogP contribution is -2.40. The molecule has 0 fully saturated rings. The predicted octanol–water partition coefficient (Wildman–Crippen LogP) is 3.57. The summed E-state index contributed by atoms with van der Waals surface area (Å²) < 4.78 is 0. The quantitative estimate of drug-likeness (QED) is 0.936. The number of oxime groups is 1. The van der Waals surface area contributed by atoms with Crippen LogP contribution in [0.15, 0.2) is 47.6 Å². The van der Waals surface area contributed by atoms with Crippen LogP contribution in [0.5, 0.6) is 0 Å². The summed E-state index contributed by atoms with van der Waals surface area (Å²) in [5.41, 5.74) is 1.38. The summed E-state index contributed by atoms with van der Waals surface area (Å²) in [4.78, 5) is 22.2. The molecule has 1 amide bonds. The van der Waals surface area contributed by atoms with Gasteiger partial charge in [-0.05, 0) is 43.7 Å². The summed E-state index contributed by atoms with van der Waals surface area (Å²) in [5, 5.41) is 7.49. The van der Waals surface area contributed by atoms with Crippen molar-refractivity contribution in [2.45, 2.75) is 25.9 Å². The van der Waals surface area contributed by atoms with Crippen LogP contribution in [-0.4, -0.2) is 22.2 Å². The van der Waals surface area contributed by atoms with Gasteiger partial charge in [-0.3, -0.25) is 4.79 Å². The number of carbonyl (C=O) groups excluding carboxylic acids is 1. The first kappa shape index (κ1) is 15.5. The van der Waals surface area contributed by atoms with Gasteiger partial charge >= 0.3 is 0 Å². The van der Waals surface area contributed by atoms with Crippen molar-refractivity contribution in [3.8, 4) is 0 Å². The van der Waals surface area contributed by atoms with Gasteiger partial charge in [0.25, 0.3) is 5.91 Å². The monoisotopic (exact) mass is 329 g/mol. The number of hydrogen-bond acceptors (Lipinski definition) is 4. The Balaban J connectivity index is 1.71. The molecule has 6 heteroatoms. The maximum atomic E-state index is 12.5. The van der Waals surface area contributed by atoms with E-state index in [9.17, 15) is 4.79 Å². The van der Waals surface area contributed by atoms with E-state index in [0.717, 1.165) is 17.0 Å². The van der Waals surface area contributed by atoms with E-state index in [1.54, 1.807) is 25.1 Å². The first-order valence-electron chi connectivity index (χ1n) is 7.22. The van der Waals surface area contributed by atoms with Crippen molar-refractivity contribution >= 4 is 29.0 Å². The van der Waals surface area contributed by atoms with Crippen LogP contribution in [-0.2, 0) is 9.63 Å². The third-order valence-electron chi connectivity index (χ3n) is 3.65. The standard InChI is InChI=1S/C17H16ClN3O2/c1-11-4-3-5-15(19-11)20-16(22)17(2)10-14(21-23-17)12-6-8-13(18)9-7-12/h3-9H,10H2,1-2H3,(H,19,20,22). The van der Waals surface area contributed by atoms with Gasteiger partial charge in [-0.15, -0.1) is 0 Å². The lowest BCUT2D eigenvalue weighted by atomic mass is 9.95. The molecule has 3 rings (SSSR count). The molecule has 1 aromatic carbocycles. The lowest BCUT2D eigenvalue weighted by molar-refractivity contribution is -0.135. The molecular formula is C17H16ClN3O2. The predicted molar refractivity (Wildman–Crippen MR) is 89.7 cm³/mol. The number of nitrogens with one attached hydrogen (secondary N) is 1. The van der Waals surface area contributed by atoms with Crippen LogP contribution < -0.4 is 5.32 Å². The number of amides is 1. The van der Waals surface area contributed by atoms with E-state index in [-0.39, 0.29) is 5.91 Å². The number of nitrogens with zero attached hydrogens (tertiary/aromatic N) is 2. The third-order valence-corrected chi connectivity index (χ3v) is 3.90. The molecule has 1 aliphatic heterocycles. The highest BCUT2D eigenvalue weighted by Gasteiger charge is 2.42. The number of halogens is 1. The number of rotatable bonds is 3. The van der Waals surface area contributed by atoms with Crippen LogP contribution in [0.4, 0.5) is 5.82 Å². The molecule has 0 saturated carbocycles. The van der Waals surface area contributed by atoms with E-state index in [4.69, 9.17) is 16.4 Å². The molecule has 1 aromatic heterocycles. The summed E-state index contributed by atoms with van der Waals surface area (Å²) in [6.07, 6.45) is 0.381. The van der Waals surface area contributed by atoms with Crippen LogP contribution in [0, 0.1) is 6.92 Å². The van der Waals surface area contributed by atoms with Gasteiger partial charge in [-0.25, -0.2) is 4.98 Å². The average Bonchev–Trinajstić information content (AvgIpc) is 2.92. The van der Waals surface area contributed by atoms with Gasteiger partial charge in [0.2, 0.25) is 5.60 Å². The number of hydrogen-bond donors (Lipinski definition) is 1. The second-order valence-corrected chi connectivity index (χ2v) is 6.10. The van der Waals surface area contributed by atoms with Gasteiger partial charge in [0, 0.05) is 17.1 Å². The molecule has 5 nitrogen and oxygen atoms in total. The Morgan fingerprint density at radius 3 is 2.70 bits per heavy atom. The zero-order valence-electron chi connectivity index (χ0n) is 12.8. The van der Waals surface area contributed by atoms with Crippen LogP contribution in [0.2, 0.25) is 5.02 Å². The van der Waals surface area contributed by atoms with Gasteiger partial charge in [-0.2, -0.15) is 0 Å². The van der Waals surface area contributed by atoms with Gasteiger partial charge in [0.05, 0.1) is 5.71 Å². The Bertz CT molecular complexity index is 774. The molecule has 0 spiro atoms. The van der Waals surface area contributed by atoms with Gasteiger partial charge < -0.3 is 10.2 Å². The van der Waals surface area contributed by atoms with Crippen LogP contribution in [0.3, 0.4) is 0 Å². The largest absolute Gasteiger partial charge is 0.379 e. The number of aryl methyl sites for hydroxylation is 1. The summed E-state index contributed by atoms with van der Waals surface area (Å²) >= 11 is 5.89. The van der Waals surface area contributed by atoms with E-state index in [1.165, 1.54) is 0 Å². The van der Waals surface area contributed by atoms with Crippen molar-refractivity contribution < 1.29 is 9.63 Å². The summed E-state index contributed by atoms with van der Waals surface area (Å²) in [6, 6.07) is 12.7. The molecule has 0 radical (unpaired) electrons. The highest BCUT2D eigenvalue weighted by molar-refractivity contribution is 6.30. The van der Waals surface area contributed by atoms with Crippen molar-refractivity contribution in [2.24, 2.45) is 5.16 Å². The Hall–Kier alpha value is -2.40. The molecule has 23 heavy (non-hydrogen) atoms. The summed E-state index contributed by atoms with van der Waals surface area (Å²) in [5.74, 6) is 0.225. The fraction of sp³-hybridized carbons (Fsp3) is 0.235. The number of aromatic nitrogens is 1. The van der Waals surface area contributed by atoms with Crippen molar-refractivity contribution in [3.63, 3.8) is 0 Å². The third kappa shape index (κ3) is 3.35. The zero-order valence-corrected chi connectivity index (χ0v) is 13.6. The van der Waals surface area contributed by atoms with E-state index in [2.05, 4.69) is 15.5 Å². The second kappa shape index (κ2) is 6.01. The minimum atomic E-state index is -1.06. The van der Waals surface area contributed by atoms with Gasteiger partial charge in [0.15, 0.2) is 0 Å². The van der Waals surface area contributed by atoms with Crippen molar-refractivity contribution in [1.29, 1.82) is 0 Å². The van der Waals surface area contributed by atoms with E-state index in [1.807, 2.05) is 31.2 Å². The van der Waals surface area contributed by atoms with E-state index < -0.39 is 5.60 Å². The smallest absolute Gasteiger partial charge is 0.272 e.